The van der Waals surface area contributed by atoms with Crippen LogP contribution in [0, 0.1) is 0 Å². The summed E-state index contributed by atoms with van der Waals surface area (Å²) >= 11 is 3.40. The number of hydrogen-bond acceptors (Lipinski definition) is 2. The van der Waals surface area contributed by atoms with Crippen molar-refractivity contribution < 1.29 is 0 Å². The Hall–Kier alpha value is -0.700. The fourth-order valence-electron chi connectivity index (χ4n) is 1.42. The Labute approximate surface area is 73.9 Å². The van der Waals surface area contributed by atoms with Gasteiger partial charge < -0.3 is 11.1 Å². The highest BCUT2D eigenvalue weighted by molar-refractivity contribution is 9.10. The van der Waals surface area contributed by atoms with E-state index in [4.69, 9.17) is 5.73 Å². The maximum Gasteiger partial charge on any atom is 0.0405 e. The van der Waals surface area contributed by atoms with E-state index in [1.54, 1.807) is 0 Å². The van der Waals surface area contributed by atoms with Crippen LogP contribution in [-0.4, -0.2) is 6.54 Å². The number of halogens is 1. The van der Waals surface area contributed by atoms with Crippen molar-refractivity contribution in [2.75, 3.05) is 17.6 Å². The number of rotatable bonds is 0. The van der Waals surface area contributed by atoms with Crippen molar-refractivity contribution in [1.29, 1.82) is 0 Å². The summed E-state index contributed by atoms with van der Waals surface area (Å²) in [5.41, 5.74) is 9.13. The summed E-state index contributed by atoms with van der Waals surface area (Å²) in [7, 11) is 0. The third-order valence-corrected chi connectivity index (χ3v) is 2.40. The lowest BCUT2D eigenvalue weighted by Gasteiger charge is -2.03. The van der Waals surface area contributed by atoms with E-state index in [9.17, 15) is 0 Å². The summed E-state index contributed by atoms with van der Waals surface area (Å²) in [5, 5.41) is 3.27. The van der Waals surface area contributed by atoms with Crippen molar-refractivity contribution in [2.45, 2.75) is 6.42 Å². The van der Waals surface area contributed by atoms with E-state index >= 15 is 0 Å². The predicted molar refractivity (Wildman–Crippen MR) is 50.7 cm³/mol. The van der Waals surface area contributed by atoms with Crippen molar-refractivity contribution >= 4 is 27.3 Å². The quantitative estimate of drug-likeness (QED) is 0.647. The summed E-state index contributed by atoms with van der Waals surface area (Å²) in [6.45, 7) is 1.01. The van der Waals surface area contributed by atoms with Crippen molar-refractivity contribution in [3.05, 3.63) is 22.2 Å². The number of nitrogens with two attached hydrogens (primary N) is 1. The normalized spacial score (nSPS) is 14.3. The van der Waals surface area contributed by atoms with E-state index in [2.05, 4.69) is 27.3 Å². The molecule has 0 atom stereocenters. The molecule has 3 heteroatoms. The van der Waals surface area contributed by atoms with Crippen molar-refractivity contribution in [3.8, 4) is 0 Å². The van der Waals surface area contributed by atoms with E-state index in [0.717, 1.165) is 23.1 Å². The first kappa shape index (κ1) is 6.98. The molecule has 0 spiro atoms. The molecule has 0 amide bonds. The van der Waals surface area contributed by atoms with Gasteiger partial charge >= 0.3 is 0 Å². The number of nitrogens with one attached hydrogen (secondary N) is 1. The van der Waals surface area contributed by atoms with Gasteiger partial charge in [-0.2, -0.15) is 0 Å². The number of fused-ring (bicyclic) bond motifs is 1. The summed E-state index contributed by atoms with van der Waals surface area (Å²) in [4.78, 5) is 0. The van der Waals surface area contributed by atoms with Crippen LogP contribution < -0.4 is 11.1 Å². The Balaban J connectivity index is 2.60. The van der Waals surface area contributed by atoms with Crippen LogP contribution in [-0.2, 0) is 6.42 Å². The Kier molecular flexibility index (Phi) is 1.53. The zero-order chi connectivity index (χ0) is 7.84. The fourth-order valence-corrected chi connectivity index (χ4v) is 1.89. The minimum Gasteiger partial charge on any atom is -0.398 e. The summed E-state index contributed by atoms with van der Waals surface area (Å²) < 4.78 is 1.04. The lowest BCUT2D eigenvalue weighted by Crippen LogP contribution is -1.91. The van der Waals surface area contributed by atoms with Crippen molar-refractivity contribution in [3.63, 3.8) is 0 Å². The van der Waals surface area contributed by atoms with Gasteiger partial charge in [-0.3, -0.25) is 0 Å². The molecule has 0 radical (unpaired) electrons. The van der Waals surface area contributed by atoms with E-state index in [0.29, 0.717) is 0 Å². The Morgan fingerprint density at radius 3 is 3.09 bits per heavy atom. The van der Waals surface area contributed by atoms with Gasteiger partial charge in [-0.05, 0) is 24.1 Å². The van der Waals surface area contributed by atoms with Crippen LogP contribution in [0.3, 0.4) is 0 Å². The number of benzene rings is 1. The Morgan fingerprint density at radius 2 is 2.27 bits per heavy atom. The molecule has 1 aliphatic heterocycles. The minimum absolute atomic E-state index is 0.888. The Morgan fingerprint density at radius 1 is 1.45 bits per heavy atom. The van der Waals surface area contributed by atoms with Crippen LogP contribution in [0.15, 0.2) is 16.6 Å². The van der Waals surface area contributed by atoms with Crippen LogP contribution in [0.1, 0.15) is 5.56 Å². The lowest BCUT2D eigenvalue weighted by molar-refractivity contribution is 1.11. The molecular weight excluding hydrogens is 204 g/mol. The molecule has 2 rings (SSSR count). The van der Waals surface area contributed by atoms with Crippen LogP contribution in [0.2, 0.25) is 0 Å². The van der Waals surface area contributed by atoms with E-state index in [-0.39, 0.29) is 0 Å². The van der Waals surface area contributed by atoms with Gasteiger partial charge in [0, 0.05) is 22.4 Å². The van der Waals surface area contributed by atoms with Gasteiger partial charge in [-0.1, -0.05) is 15.9 Å². The second kappa shape index (κ2) is 2.41. The first-order valence-electron chi connectivity index (χ1n) is 3.59. The van der Waals surface area contributed by atoms with Crippen molar-refractivity contribution in [1.82, 2.24) is 0 Å². The number of nitrogen functional groups attached to an aromatic ring is 1. The van der Waals surface area contributed by atoms with Gasteiger partial charge in [0.2, 0.25) is 0 Å². The summed E-state index contributed by atoms with van der Waals surface area (Å²) in [5.74, 6) is 0. The molecule has 0 fully saturated rings. The Bertz CT molecular complexity index is 296. The van der Waals surface area contributed by atoms with Crippen molar-refractivity contribution in [2.24, 2.45) is 0 Å². The minimum atomic E-state index is 0.888. The summed E-state index contributed by atoms with van der Waals surface area (Å²) in [6.07, 6.45) is 1.05. The molecule has 0 aromatic heterocycles. The van der Waals surface area contributed by atoms with Gasteiger partial charge in [0.1, 0.15) is 0 Å². The molecule has 58 valence electrons. The molecule has 1 heterocycles. The van der Waals surface area contributed by atoms with Gasteiger partial charge in [0.05, 0.1) is 0 Å². The first-order chi connectivity index (χ1) is 5.27. The van der Waals surface area contributed by atoms with Gasteiger partial charge in [0.25, 0.3) is 0 Å². The highest BCUT2D eigenvalue weighted by Gasteiger charge is 2.12. The molecule has 1 aliphatic rings. The maximum atomic E-state index is 5.80. The SMILES string of the molecule is Nc1cc(Br)cc2c1CCN2. The molecule has 3 N–H and O–H groups in total. The molecule has 1 aromatic carbocycles. The van der Waals surface area contributed by atoms with E-state index in [1.165, 1.54) is 11.3 Å². The maximum absolute atomic E-state index is 5.80. The third-order valence-electron chi connectivity index (χ3n) is 1.94. The standard InChI is InChI=1S/C8H9BrN2/c9-5-3-7(10)6-1-2-11-8(6)4-5/h3-4,11H,1-2,10H2. The highest BCUT2D eigenvalue weighted by Crippen LogP contribution is 2.31. The molecule has 0 unspecified atom stereocenters. The van der Waals surface area contributed by atoms with E-state index < -0.39 is 0 Å². The van der Waals surface area contributed by atoms with Gasteiger partial charge in [-0.15, -0.1) is 0 Å². The molecule has 0 aliphatic carbocycles. The predicted octanol–water partition coefficient (Wildman–Crippen LogP) is 2.00. The molecule has 1 aromatic rings. The fraction of sp³-hybridized carbons (Fsp3) is 0.250. The average molecular weight is 213 g/mol. The molecule has 0 saturated carbocycles. The second-order valence-electron chi connectivity index (χ2n) is 2.70. The van der Waals surface area contributed by atoms with Crippen LogP contribution in [0.5, 0.6) is 0 Å². The largest absolute Gasteiger partial charge is 0.398 e. The monoisotopic (exact) mass is 212 g/mol. The number of hydrogen-bond donors (Lipinski definition) is 2. The molecule has 0 bridgehead atoms. The van der Waals surface area contributed by atoms with Crippen LogP contribution >= 0.6 is 15.9 Å². The topological polar surface area (TPSA) is 38.0 Å². The van der Waals surface area contributed by atoms with Gasteiger partial charge in [-0.25, -0.2) is 0 Å². The smallest absolute Gasteiger partial charge is 0.0405 e. The summed E-state index contributed by atoms with van der Waals surface area (Å²) in [6, 6.07) is 4.02. The third kappa shape index (κ3) is 1.09. The zero-order valence-corrected chi connectivity index (χ0v) is 7.61. The van der Waals surface area contributed by atoms with E-state index in [1.807, 2.05) is 6.07 Å². The van der Waals surface area contributed by atoms with Gasteiger partial charge in [0.15, 0.2) is 0 Å². The molecule has 11 heavy (non-hydrogen) atoms. The highest BCUT2D eigenvalue weighted by atomic mass is 79.9. The number of anilines is 2. The molecule has 0 saturated heterocycles. The first-order valence-corrected chi connectivity index (χ1v) is 4.38. The van der Waals surface area contributed by atoms with Crippen LogP contribution in [0.25, 0.3) is 0 Å². The molecule has 2 nitrogen and oxygen atoms in total. The zero-order valence-electron chi connectivity index (χ0n) is 6.02. The second-order valence-corrected chi connectivity index (χ2v) is 3.61. The van der Waals surface area contributed by atoms with Crippen LogP contribution in [0.4, 0.5) is 11.4 Å². The average Bonchev–Trinajstić information content (AvgIpc) is 2.34. The molecular formula is C8H9BrN2. The lowest BCUT2D eigenvalue weighted by atomic mass is 10.1.